The van der Waals surface area contributed by atoms with E-state index in [1.165, 1.54) is 6.20 Å². The second-order valence-electron chi connectivity index (χ2n) is 3.74. The normalized spacial score (nSPS) is 18.8. The molecule has 1 aromatic heterocycles. The Morgan fingerprint density at radius 1 is 1.56 bits per heavy atom. The molecule has 18 heavy (non-hydrogen) atoms. The van der Waals surface area contributed by atoms with Crippen molar-refractivity contribution in [3.8, 4) is 0 Å². The minimum atomic E-state index is -0.246. The molecule has 0 spiro atoms. The van der Waals surface area contributed by atoms with Crippen LogP contribution >= 0.6 is 12.4 Å². The molecule has 1 aliphatic heterocycles. The van der Waals surface area contributed by atoms with Crippen molar-refractivity contribution in [3.63, 3.8) is 0 Å². The van der Waals surface area contributed by atoms with Crippen LogP contribution in [0, 0.1) is 0 Å². The predicted octanol–water partition coefficient (Wildman–Crippen LogP) is 0.231. The standard InChI is InChI=1S/C11H15N3O3.ClH/c12-10-1-2-13-6-9(10)11(15)14-5-8-7-16-3-4-17-8;/h1-2,6,8H,3-5,7H2,(H2,12,13)(H,14,15);1H. The molecule has 0 aliphatic carbocycles. The average Bonchev–Trinajstić information content (AvgIpc) is 2.38. The third-order valence-corrected chi connectivity index (χ3v) is 2.47. The van der Waals surface area contributed by atoms with Gasteiger partial charge < -0.3 is 20.5 Å². The van der Waals surface area contributed by atoms with Crippen molar-refractivity contribution in [3.05, 3.63) is 24.0 Å². The molecule has 6 nitrogen and oxygen atoms in total. The fourth-order valence-electron chi connectivity index (χ4n) is 1.55. The van der Waals surface area contributed by atoms with Crippen LogP contribution in [0.3, 0.4) is 0 Å². The summed E-state index contributed by atoms with van der Waals surface area (Å²) < 4.78 is 10.6. The highest BCUT2D eigenvalue weighted by atomic mass is 35.5. The summed E-state index contributed by atoms with van der Waals surface area (Å²) in [6.45, 7) is 2.09. The molecule has 1 aromatic rings. The van der Waals surface area contributed by atoms with E-state index in [0.29, 0.717) is 37.6 Å². The molecule has 1 atom stereocenters. The molecule has 2 heterocycles. The summed E-state index contributed by atoms with van der Waals surface area (Å²) in [5.74, 6) is -0.246. The molecule has 0 radical (unpaired) electrons. The average molecular weight is 274 g/mol. The molecule has 2 rings (SSSR count). The summed E-state index contributed by atoms with van der Waals surface area (Å²) in [7, 11) is 0. The van der Waals surface area contributed by atoms with Gasteiger partial charge in [0.25, 0.3) is 5.91 Å². The molecular weight excluding hydrogens is 258 g/mol. The van der Waals surface area contributed by atoms with Crippen LogP contribution in [-0.4, -0.2) is 43.4 Å². The molecule has 0 aromatic carbocycles. The van der Waals surface area contributed by atoms with Gasteiger partial charge in [0, 0.05) is 24.6 Å². The van der Waals surface area contributed by atoms with Crippen molar-refractivity contribution in [2.75, 3.05) is 32.1 Å². The van der Waals surface area contributed by atoms with Gasteiger partial charge in [-0.3, -0.25) is 9.78 Å². The zero-order valence-electron chi connectivity index (χ0n) is 9.80. The lowest BCUT2D eigenvalue weighted by Crippen LogP contribution is -2.39. The molecule has 1 amide bonds. The number of carbonyl (C=O) groups is 1. The van der Waals surface area contributed by atoms with E-state index in [9.17, 15) is 4.79 Å². The topological polar surface area (TPSA) is 86.5 Å². The van der Waals surface area contributed by atoms with Crippen molar-refractivity contribution in [2.24, 2.45) is 0 Å². The molecule has 1 unspecified atom stereocenters. The number of nitrogens with one attached hydrogen (secondary N) is 1. The molecule has 1 aliphatic rings. The van der Waals surface area contributed by atoms with Gasteiger partial charge in [-0.1, -0.05) is 0 Å². The maximum atomic E-state index is 11.8. The number of nitrogen functional groups attached to an aromatic ring is 1. The van der Waals surface area contributed by atoms with Gasteiger partial charge in [0.1, 0.15) is 0 Å². The largest absolute Gasteiger partial charge is 0.398 e. The zero-order chi connectivity index (χ0) is 12.1. The number of hydrogen-bond donors (Lipinski definition) is 2. The minimum absolute atomic E-state index is 0. The molecule has 100 valence electrons. The van der Waals surface area contributed by atoms with Crippen molar-refractivity contribution in [1.29, 1.82) is 0 Å². The Morgan fingerprint density at radius 2 is 2.39 bits per heavy atom. The summed E-state index contributed by atoms with van der Waals surface area (Å²) >= 11 is 0. The summed E-state index contributed by atoms with van der Waals surface area (Å²) in [5.41, 5.74) is 6.47. The van der Waals surface area contributed by atoms with Crippen LogP contribution in [-0.2, 0) is 9.47 Å². The summed E-state index contributed by atoms with van der Waals surface area (Å²) in [6, 6.07) is 1.59. The lowest BCUT2D eigenvalue weighted by atomic mass is 10.2. The second-order valence-corrected chi connectivity index (χ2v) is 3.74. The van der Waals surface area contributed by atoms with Gasteiger partial charge in [-0.15, -0.1) is 12.4 Å². The Morgan fingerprint density at radius 3 is 3.06 bits per heavy atom. The van der Waals surface area contributed by atoms with Crippen LogP contribution in [0.5, 0.6) is 0 Å². The van der Waals surface area contributed by atoms with Gasteiger partial charge in [-0.25, -0.2) is 0 Å². The van der Waals surface area contributed by atoms with E-state index in [0.717, 1.165) is 0 Å². The highest BCUT2D eigenvalue weighted by Crippen LogP contribution is 2.08. The van der Waals surface area contributed by atoms with Crippen molar-refractivity contribution < 1.29 is 14.3 Å². The van der Waals surface area contributed by atoms with Crippen molar-refractivity contribution >= 4 is 24.0 Å². The van der Waals surface area contributed by atoms with Gasteiger partial charge >= 0.3 is 0 Å². The lowest BCUT2D eigenvalue weighted by molar-refractivity contribution is -0.0855. The molecule has 0 saturated carbocycles. The van der Waals surface area contributed by atoms with Crippen molar-refractivity contribution in [2.45, 2.75) is 6.10 Å². The number of pyridine rings is 1. The van der Waals surface area contributed by atoms with Gasteiger partial charge in [0.05, 0.1) is 31.5 Å². The van der Waals surface area contributed by atoms with Gasteiger partial charge in [-0.2, -0.15) is 0 Å². The number of nitrogens with two attached hydrogens (primary N) is 1. The number of amides is 1. The van der Waals surface area contributed by atoms with Crippen LogP contribution in [0.25, 0.3) is 0 Å². The van der Waals surface area contributed by atoms with Gasteiger partial charge in [0.15, 0.2) is 0 Å². The Kier molecular flexibility index (Phi) is 5.84. The van der Waals surface area contributed by atoms with E-state index in [-0.39, 0.29) is 24.4 Å². The Bertz CT molecular complexity index is 397. The maximum absolute atomic E-state index is 11.8. The maximum Gasteiger partial charge on any atom is 0.255 e. The van der Waals surface area contributed by atoms with Crippen LogP contribution in [0.1, 0.15) is 10.4 Å². The highest BCUT2D eigenvalue weighted by Gasteiger charge is 2.16. The van der Waals surface area contributed by atoms with E-state index < -0.39 is 0 Å². The van der Waals surface area contributed by atoms with E-state index in [4.69, 9.17) is 15.2 Å². The van der Waals surface area contributed by atoms with E-state index in [1.807, 2.05) is 0 Å². The first kappa shape index (κ1) is 14.7. The fourth-order valence-corrected chi connectivity index (χ4v) is 1.55. The van der Waals surface area contributed by atoms with E-state index in [2.05, 4.69) is 10.3 Å². The number of rotatable bonds is 3. The van der Waals surface area contributed by atoms with Crippen LogP contribution in [0.4, 0.5) is 5.69 Å². The number of anilines is 1. The predicted molar refractivity (Wildman–Crippen MR) is 68.8 cm³/mol. The first-order valence-corrected chi connectivity index (χ1v) is 5.44. The smallest absolute Gasteiger partial charge is 0.255 e. The van der Waals surface area contributed by atoms with Crippen LogP contribution in [0.15, 0.2) is 18.5 Å². The third-order valence-electron chi connectivity index (χ3n) is 2.47. The number of aromatic nitrogens is 1. The Hall–Kier alpha value is -1.37. The molecular formula is C11H16ClN3O3. The number of nitrogens with zero attached hydrogens (tertiary/aromatic N) is 1. The first-order chi connectivity index (χ1) is 8.27. The number of halogens is 1. The SMILES string of the molecule is Cl.Nc1ccncc1C(=O)NCC1COCCO1. The Labute approximate surface area is 111 Å². The summed E-state index contributed by atoms with van der Waals surface area (Å²) in [5, 5.41) is 2.75. The van der Waals surface area contributed by atoms with E-state index >= 15 is 0 Å². The van der Waals surface area contributed by atoms with Gasteiger partial charge in [0.2, 0.25) is 0 Å². The van der Waals surface area contributed by atoms with Crippen molar-refractivity contribution in [1.82, 2.24) is 10.3 Å². The molecule has 1 fully saturated rings. The number of ether oxygens (including phenoxy) is 2. The molecule has 3 N–H and O–H groups in total. The first-order valence-electron chi connectivity index (χ1n) is 5.44. The second kappa shape index (κ2) is 7.15. The highest BCUT2D eigenvalue weighted by molar-refractivity contribution is 5.98. The monoisotopic (exact) mass is 273 g/mol. The Balaban J connectivity index is 0.00000162. The quantitative estimate of drug-likeness (QED) is 0.823. The molecule has 0 bridgehead atoms. The van der Waals surface area contributed by atoms with Crippen LogP contribution < -0.4 is 11.1 Å². The molecule has 7 heteroatoms. The number of hydrogen-bond acceptors (Lipinski definition) is 5. The number of carbonyl (C=O) groups excluding carboxylic acids is 1. The summed E-state index contributed by atoms with van der Waals surface area (Å²) in [4.78, 5) is 15.6. The summed E-state index contributed by atoms with van der Waals surface area (Å²) in [6.07, 6.45) is 2.90. The lowest BCUT2D eigenvalue weighted by Gasteiger charge is -2.23. The van der Waals surface area contributed by atoms with Crippen LogP contribution in [0.2, 0.25) is 0 Å². The van der Waals surface area contributed by atoms with Gasteiger partial charge in [-0.05, 0) is 6.07 Å². The molecule has 1 saturated heterocycles. The third kappa shape index (κ3) is 3.83. The fraction of sp³-hybridized carbons (Fsp3) is 0.455. The minimum Gasteiger partial charge on any atom is -0.398 e. The zero-order valence-corrected chi connectivity index (χ0v) is 10.6. The van der Waals surface area contributed by atoms with E-state index in [1.54, 1.807) is 12.3 Å².